The maximum absolute atomic E-state index is 12.7. The molecule has 18 heavy (non-hydrogen) atoms. The highest BCUT2D eigenvalue weighted by Gasteiger charge is 2.31. The van der Waals surface area contributed by atoms with Gasteiger partial charge >= 0.3 is 6.18 Å². The molecular weight excluding hydrogens is 239 g/mol. The van der Waals surface area contributed by atoms with Gasteiger partial charge in [-0.05, 0) is 49.4 Å². The average molecular weight is 257 g/mol. The fraction of sp³-hybridized carbons (Fsp3) is 0.571. The summed E-state index contributed by atoms with van der Waals surface area (Å²) in [5.41, 5.74) is 0.262. The van der Waals surface area contributed by atoms with E-state index < -0.39 is 11.7 Å². The molecule has 1 saturated heterocycles. The maximum atomic E-state index is 12.7. The zero-order valence-electron chi connectivity index (χ0n) is 10.4. The maximum Gasteiger partial charge on any atom is 0.416 e. The van der Waals surface area contributed by atoms with Crippen molar-refractivity contribution in [3.63, 3.8) is 0 Å². The van der Waals surface area contributed by atoms with Crippen molar-refractivity contribution >= 4 is 0 Å². The number of alkyl halides is 3. The molecule has 1 unspecified atom stereocenters. The Morgan fingerprint density at radius 2 is 1.89 bits per heavy atom. The molecule has 1 heterocycles. The van der Waals surface area contributed by atoms with E-state index in [9.17, 15) is 13.2 Å². The summed E-state index contributed by atoms with van der Waals surface area (Å²) >= 11 is 0. The molecule has 1 aliphatic heterocycles. The van der Waals surface area contributed by atoms with E-state index in [1.807, 2.05) is 13.0 Å². The SMILES string of the molecule is CC(c1cccc(C(F)(F)F)c1)C1CCNCC1. The Kier molecular flexibility index (Phi) is 3.95. The van der Waals surface area contributed by atoms with Gasteiger partial charge in [0.2, 0.25) is 0 Å². The Balaban J connectivity index is 2.17. The minimum Gasteiger partial charge on any atom is -0.317 e. The van der Waals surface area contributed by atoms with Gasteiger partial charge in [0, 0.05) is 0 Å². The highest BCUT2D eigenvalue weighted by molar-refractivity contribution is 5.28. The summed E-state index contributed by atoms with van der Waals surface area (Å²) in [6.45, 7) is 3.97. The molecule has 0 aromatic heterocycles. The number of piperidine rings is 1. The van der Waals surface area contributed by atoms with Crippen LogP contribution in [0.4, 0.5) is 13.2 Å². The average Bonchev–Trinajstić information content (AvgIpc) is 2.38. The lowest BCUT2D eigenvalue weighted by Gasteiger charge is -2.28. The van der Waals surface area contributed by atoms with Crippen LogP contribution >= 0.6 is 0 Å². The van der Waals surface area contributed by atoms with Crippen LogP contribution in [0.2, 0.25) is 0 Å². The second kappa shape index (κ2) is 5.31. The summed E-state index contributed by atoms with van der Waals surface area (Å²) in [7, 11) is 0. The second-order valence-electron chi connectivity index (χ2n) is 5.00. The molecule has 0 spiro atoms. The lowest BCUT2D eigenvalue weighted by molar-refractivity contribution is -0.137. The normalized spacial score (nSPS) is 19.8. The number of rotatable bonds is 2. The van der Waals surface area contributed by atoms with E-state index in [4.69, 9.17) is 0 Å². The molecule has 1 nitrogen and oxygen atoms in total. The number of nitrogens with one attached hydrogen (secondary N) is 1. The molecule has 0 aliphatic carbocycles. The molecule has 0 radical (unpaired) electrons. The lowest BCUT2D eigenvalue weighted by Crippen LogP contribution is -2.30. The smallest absolute Gasteiger partial charge is 0.317 e. The highest BCUT2D eigenvalue weighted by Crippen LogP contribution is 2.34. The van der Waals surface area contributed by atoms with Crippen molar-refractivity contribution < 1.29 is 13.2 Å². The first-order valence-electron chi connectivity index (χ1n) is 6.36. The van der Waals surface area contributed by atoms with Gasteiger partial charge in [-0.1, -0.05) is 25.1 Å². The van der Waals surface area contributed by atoms with Gasteiger partial charge in [-0.2, -0.15) is 13.2 Å². The van der Waals surface area contributed by atoms with Crippen LogP contribution in [0.25, 0.3) is 0 Å². The van der Waals surface area contributed by atoms with Gasteiger partial charge in [-0.3, -0.25) is 0 Å². The van der Waals surface area contributed by atoms with Gasteiger partial charge in [0.1, 0.15) is 0 Å². The van der Waals surface area contributed by atoms with Crippen molar-refractivity contribution in [1.29, 1.82) is 0 Å². The van der Waals surface area contributed by atoms with Gasteiger partial charge in [0.25, 0.3) is 0 Å². The predicted octanol–water partition coefficient (Wildman–Crippen LogP) is 3.81. The van der Waals surface area contributed by atoms with Crippen LogP contribution in [-0.2, 0) is 6.18 Å². The van der Waals surface area contributed by atoms with E-state index in [-0.39, 0.29) is 5.92 Å². The number of benzene rings is 1. The largest absolute Gasteiger partial charge is 0.416 e. The number of hydrogen-bond donors (Lipinski definition) is 1. The molecule has 0 saturated carbocycles. The van der Waals surface area contributed by atoms with E-state index >= 15 is 0 Å². The van der Waals surface area contributed by atoms with Gasteiger partial charge in [0.15, 0.2) is 0 Å². The fourth-order valence-corrected chi connectivity index (χ4v) is 2.61. The molecule has 1 aromatic carbocycles. The van der Waals surface area contributed by atoms with Crippen LogP contribution in [0.3, 0.4) is 0 Å². The molecular formula is C14H18F3N. The van der Waals surface area contributed by atoms with Crippen LogP contribution < -0.4 is 5.32 Å². The summed E-state index contributed by atoms with van der Waals surface area (Å²) in [4.78, 5) is 0. The molecule has 0 bridgehead atoms. The molecule has 1 aliphatic rings. The van der Waals surface area contributed by atoms with Crippen molar-refractivity contribution in [3.8, 4) is 0 Å². The first-order chi connectivity index (χ1) is 8.48. The second-order valence-corrected chi connectivity index (χ2v) is 5.00. The van der Waals surface area contributed by atoms with Gasteiger partial charge in [0.05, 0.1) is 5.56 Å². The van der Waals surface area contributed by atoms with E-state index in [0.717, 1.165) is 37.6 Å². The molecule has 0 amide bonds. The predicted molar refractivity (Wildman–Crippen MR) is 65.5 cm³/mol. The topological polar surface area (TPSA) is 12.0 Å². The van der Waals surface area contributed by atoms with Crippen LogP contribution in [-0.4, -0.2) is 13.1 Å². The van der Waals surface area contributed by atoms with E-state index in [0.29, 0.717) is 5.92 Å². The summed E-state index contributed by atoms with van der Waals surface area (Å²) in [6, 6.07) is 5.75. The Morgan fingerprint density at radius 3 is 2.50 bits per heavy atom. The van der Waals surface area contributed by atoms with E-state index in [1.165, 1.54) is 12.1 Å². The highest BCUT2D eigenvalue weighted by atomic mass is 19.4. The summed E-state index contributed by atoms with van der Waals surface area (Å²) in [5, 5.41) is 3.28. The van der Waals surface area contributed by atoms with Crippen LogP contribution in [0, 0.1) is 5.92 Å². The third-order valence-corrected chi connectivity index (χ3v) is 3.83. The van der Waals surface area contributed by atoms with E-state index in [1.54, 1.807) is 0 Å². The van der Waals surface area contributed by atoms with Gasteiger partial charge in [-0.25, -0.2) is 0 Å². The van der Waals surface area contributed by atoms with Crippen molar-refractivity contribution in [1.82, 2.24) is 5.32 Å². The molecule has 1 atom stereocenters. The van der Waals surface area contributed by atoms with Crippen molar-refractivity contribution in [3.05, 3.63) is 35.4 Å². The molecule has 2 rings (SSSR count). The molecule has 100 valence electrons. The molecule has 4 heteroatoms. The first-order valence-corrected chi connectivity index (χ1v) is 6.36. The van der Waals surface area contributed by atoms with Crippen molar-refractivity contribution in [2.24, 2.45) is 5.92 Å². The third kappa shape index (κ3) is 3.05. The summed E-state index contributed by atoms with van der Waals surface area (Å²) in [5.74, 6) is 0.670. The van der Waals surface area contributed by atoms with Crippen LogP contribution in [0.1, 0.15) is 36.8 Å². The van der Waals surface area contributed by atoms with Crippen LogP contribution in [0.5, 0.6) is 0 Å². The number of halogens is 3. The Labute approximate surface area is 105 Å². The van der Waals surface area contributed by atoms with Gasteiger partial charge in [-0.15, -0.1) is 0 Å². The van der Waals surface area contributed by atoms with E-state index in [2.05, 4.69) is 5.32 Å². The van der Waals surface area contributed by atoms with Gasteiger partial charge < -0.3 is 5.32 Å². The minimum atomic E-state index is -4.25. The number of hydrogen-bond acceptors (Lipinski definition) is 1. The first kappa shape index (κ1) is 13.4. The molecule has 1 N–H and O–H groups in total. The zero-order valence-corrected chi connectivity index (χ0v) is 10.4. The van der Waals surface area contributed by atoms with Crippen molar-refractivity contribution in [2.45, 2.75) is 31.9 Å². The molecule has 1 fully saturated rings. The standard InChI is InChI=1S/C14H18F3N/c1-10(11-5-7-18-8-6-11)12-3-2-4-13(9-12)14(15,16)17/h2-4,9-11,18H,5-8H2,1H3. The lowest BCUT2D eigenvalue weighted by atomic mass is 9.81. The third-order valence-electron chi connectivity index (χ3n) is 3.83. The molecule has 1 aromatic rings. The van der Waals surface area contributed by atoms with Crippen LogP contribution in [0.15, 0.2) is 24.3 Å². The Hall–Kier alpha value is -1.03. The minimum absolute atomic E-state index is 0.189. The summed E-state index contributed by atoms with van der Waals surface area (Å²) < 4.78 is 38.0. The summed E-state index contributed by atoms with van der Waals surface area (Å²) in [6.07, 6.45) is -2.17. The Morgan fingerprint density at radius 1 is 1.22 bits per heavy atom. The fourth-order valence-electron chi connectivity index (χ4n) is 2.61. The monoisotopic (exact) mass is 257 g/mol. The quantitative estimate of drug-likeness (QED) is 0.849. The Bertz CT molecular complexity index is 394. The zero-order chi connectivity index (χ0) is 13.2. The van der Waals surface area contributed by atoms with Crippen molar-refractivity contribution in [2.75, 3.05) is 13.1 Å².